The molecule has 0 heterocycles. The number of alkyl halides is 6. The molecule has 0 saturated heterocycles. The molecule has 2 aromatic rings. The number of anilines is 2. The van der Waals surface area contributed by atoms with Gasteiger partial charge in [-0.2, -0.15) is 36.9 Å². The molecule has 2 N–H and O–H groups in total. The van der Waals surface area contributed by atoms with Gasteiger partial charge in [-0.3, -0.25) is 19.7 Å². The highest BCUT2D eigenvalue weighted by atomic mass is 35.5. The van der Waals surface area contributed by atoms with Gasteiger partial charge in [-0.05, 0) is 44.2 Å². The van der Waals surface area contributed by atoms with E-state index in [2.05, 4.69) is 0 Å². The van der Waals surface area contributed by atoms with E-state index < -0.39 is 83.5 Å². The number of carbonyl (C=O) groups excluding carboxylic acids is 2. The zero-order valence-corrected chi connectivity index (χ0v) is 20.6. The third kappa shape index (κ3) is 5.62. The summed E-state index contributed by atoms with van der Waals surface area (Å²) in [5.41, 5.74) is -12.7. The fraction of sp³-hybridized carbons (Fsp3) is 0.273. The highest BCUT2D eigenvalue weighted by Gasteiger charge is 2.62. The lowest BCUT2D eigenvalue weighted by molar-refractivity contribution is -0.384. The Morgan fingerprint density at radius 2 is 1.25 bits per heavy atom. The van der Waals surface area contributed by atoms with Crippen LogP contribution in [-0.2, 0) is 9.59 Å². The Hall–Kier alpha value is -4.45. The van der Waals surface area contributed by atoms with Crippen molar-refractivity contribution in [1.82, 2.24) is 0 Å². The minimum Gasteiger partial charge on any atom is -0.373 e. The Bertz CT molecular complexity index is 1460. The summed E-state index contributed by atoms with van der Waals surface area (Å²) in [4.78, 5) is 36.5. The van der Waals surface area contributed by atoms with Crippen molar-refractivity contribution in [3.63, 3.8) is 0 Å². The average molecular weight is 594 g/mol. The highest BCUT2D eigenvalue weighted by molar-refractivity contribution is 6.33. The summed E-state index contributed by atoms with van der Waals surface area (Å²) in [5.74, 6) is -5.05. The molecule has 2 atom stereocenters. The Labute approximate surface area is 224 Å². The fourth-order valence-electron chi connectivity index (χ4n) is 2.93. The van der Waals surface area contributed by atoms with Gasteiger partial charge in [0.2, 0.25) is 11.2 Å². The minimum absolute atomic E-state index is 0.0927. The van der Waals surface area contributed by atoms with E-state index in [0.717, 1.165) is 6.07 Å². The van der Waals surface area contributed by atoms with Crippen LogP contribution < -0.4 is 10.0 Å². The lowest BCUT2D eigenvalue weighted by Crippen LogP contribution is -2.66. The number of halogens is 7. The van der Waals surface area contributed by atoms with E-state index in [-0.39, 0.29) is 13.8 Å². The van der Waals surface area contributed by atoms with Gasteiger partial charge in [0.1, 0.15) is 17.2 Å². The smallest absolute Gasteiger partial charge is 0.373 e. The number of hydrogen-bond donors (Lipinski definition) is 2. The first-order chi connectivity index (χ1) is 18.1. The highest BCUT2D eigenvalue weighted by Crippen LogP contribution is 2.40. The van der Waals surface area contributed by atoms with Crippen LogP contribution in [0, 0.1) is 32.8 Å². The molecule has 2 rings (SSSR count). The second-order valence-corrected chi connectivity index (χ2v) is 8.63. The molecule has 0 fully saturated rings. The standard InChI is InChI=1S/C22H14ClF6N5O6/c1-19(37,21(24,25)26)17(35)32(13-4-3-11(9-30)12(7-13)10-31)33(18(36)20(2,38)22(27,28)29)14-5-6-16(34(39)40)15(23)8-14/h3-8,37-38H,1-2H3. The molecule has 0 aliphatic rings. The van der Waals surface area contributed by atoms with Crippen LogP contribution in [0.5, 0.6) is 0 Å². The van der Waals surface area contributed by atoms with Gasteiger partial charge in [0.25, 0.3) is 17.5 Å². The van der Waals surface area contributed by atoms with Crippen molar-refractivity contribution in [2.45, 2.75) is 37.4 Å². The fourth-order valence-corrected chi connectivity index (χ4v) is 3.18. The first-order valence-electron chi connectivity index (χ1n) is 10.3. The molecular formula is C22H14ClF6N5O6. The second-order valence-electron chi connectivity index (χ2n) is 8.22. The topological polar surface area (TPSA) is 172 Å². The molecule has 0 saturated carbocycles. The first-order valence-corrected chi connectivity index (χ1v) is 10.7. The minimum atomic E-state index is -5.81. The molecule has 0 bridgehead atoms. The molecule has 0 spiro atoms. The average Bonchev–Trinajstić information content (AvgIpc) is 2.84. The Morgan fingerprint density at radius 1 is 0.850 bits per heavy atom. The van der Waals surface area contributed by atoms with Gasteiger partial charge >= 0.3 is 12.4 Å². The second kappa shape index (κ2) is 10.6. The van der Waals surface area contributed by atoms with Crippen LogP contribution in [0.2, 0.25) is 5.02 Å². The van der Waals surface area contributed by atoms with E-state index in [9.17, 15) is 61.5 Å². The van der Waals surface area contributed by atoms with E-state index >= 15 is 0 Å². The van der Waals surface area contributed by atoms with Gasteiger partial charge in [-0.25, -0.2) is 10.0 Å². The SMILES string of the molecule is CC(O)(C(=O)N(c1ccc([N+](=O)[O-])c(Cl)c1)N(C(=O)C(C)(O)C(F)(F)F)c1ccc(C#N)c(C#N)c1)C(F)(F)F. The molecule has 212 valence electrons. The van der Waals surface area contributed by atoms with Gasteiger partial charge in [0, 0.05) is 6.07 Å². The number of hydrogen-bond acceptors (Lipinski definition) is 8. The summed E-state index contributed by atoms with van der Waals surface area (Å²) in [7, 11) is 0. The van der Waals surface area contributed by atoms with Gasteiger partial charge in [-0.1, -0.05) is 11.6 Å². The number of benzene rings is 2. The Morgan fingerprint density at radius 3 is 1.60 bits per heavy atom. The summed E-state index contributed by atoms with van der Waals surface area (Å²) in [5, 5.41) is 48.1. The zero-order valence-electron chi connectivity index (χ0n) is 19.9. The number of carbonyl (C=O) groups is 2. The predicted octanol–water partition coefficient (Wildman–Crippen LogP) is 3.90. The third-order valence-electron chi connectivity index (χ3n) is 5.38. The van der Waals surface area contributed by atoms with Gasteiger partial charge < -0.3 is 10.2 Å². The predicted molar refractivity (Wildman–Crippen MR) is 122 cm³/mol. The first kappa shape index (κ1) is 31.8. The van der Waals surface area contributed by atoms with Crippen LogP contribution in [-0.4, -0.2) is 50.5 Å². The molecule has 2 aromatic carbocycles. The van der Waals surface area contributed by atoms with Gasteiger partial charge in [0.05, 0.1) is 27.4 Å². The maximum atomic E-state index is 13.7. The quantitative estimate of drug-likeness (QED) is 0.298. The number of aliphatic hydroxyl groups is 2. The van der Waals surface area contributed by atoms with Crippen molar-refractivity contribution < 1.29 is 51.1 Å². The molecule has 0 aromatic heterocycles. The van der Waals surface area contributed by atoms with E-state index in [1.54, 1.807) is 6.07 Å². The lowest BCUT2D eigenvalue weighted by Gasteiger charge is -2.41. The van der Waals surface area contributed by atoms with Gasteiger partial charge in [0.15, 0.2) is 0 Å². The number of hydrazine groups is 1. The van der Waals surface area contributed by atoms with Crippen LogP contribution in [0.4, 0.5) is 43.4 Å². The molecular weight excluding hydrogens is 580 g/mol. The molecule has 18 heteroatoms. The summed E-state index contributed by atoms with van der Waals surface area (Å²) < 4.78 is 82.2. The molecule has 0 radical (unpaired) electrons. The zero-order chi connectivity index (χ0) is 31.0. The number of nitrogens with zero attached hydrogens (tertiary/aromatic N) is 5. The number of rotatable bonds is 5. The van der Waals surface area contributed by atoms with Crippen molar-refractivity contribution in [2.24, 2.45) is 0 Å². The largest absolute Gasteiger partial charge is 0.426 e. The van der Waals surface area contributed by atoms with Gasteiger partial charge in [-0.15, -0.1) is 0 Å². The van der Waals surface area contributed by atoms with Crippen LogP contribution in [0.15, 0.2) is 36.4 Å². The summed E-state index contributed by atoms with van der Waals surface area (Å²) in [6.07, 6.45) is -11.6. The molecule has 2 amide bonds. The molecule has 0 aliphatic carbocycles. The molecule has 2 unspecified atom stereocenters. The van der Waals surface area contributed by atoms with Crippen LogP contribution >= 0.6 is 11.6 Å². The number of nitro benzene ring substituents is 1. The van der Waals surface area contributed by atoms with Crippen molar-refractivity contribution in [1.29, 1.82) is 10.5 Å². The molecule has 11 nitrogen and oxygen atoms in total. The normalized spacial score (nSPS) is 14.6. The lowest BCUT2D eigenvalue weighted by atomic mass is 10.0. The van der Waals surface area contributed by atoms with Crippen molar-refractivity contribution in [3.8, 4) is 12.1 Å². The van der Waals surface area contributed by atoms with Crippen LogP contribution in [0.3, 0.4) is 0 Å². The Balaban J connectivity index is 3.08. The maximum absolute atomic E-state index is 13.7. The number of amides is 2. The summed E-state index contributed by atoms with van der Waals surface area (Å²) >= 11 is 5.78. The van der Waals surface area contributed by atoms with E-state index in [1.807, 2.05) is 0 Å². The Kier molecular flexibility index (Phi) is 8.42. The number of nitro groups is 1. The molecule has 40 heavy (non-hydrogen) atoms. The van der Waals surface area contributed by atoms with E-state index in [4.69, 9.17) is 16.9 Å². The van der Waals surface area contributed by atoms with Crippen LogP contribution in [0.25, 0.3) is 0 Å². The van der Waals surface area contributed by atoms with E-state index in [1.165, 1.54) is 6.07 Å². The molecule has 0 aliphatic heterocycles. The van der Waals surface area contributed by atoms with Crippen LogP contribution in [0.1, 0.15) is 25.0 Å². The summed E-state index contributed by atoms with van der Waals surface area (Å²) in [6.45, 7) is -0.191. The maximum Gasteiger partial charge on any atom is 0.426 e. The van der Waals surface area contributed by atoms with Crippen molar-refractivity contribution in [3.05, 3.63) is 62.7 Å². The van der Waals surface area contributed by atoms with Crippen molar-refractivity contribution >= 4 is 40.5 Å². The number of nitriles is 2. The summed E-state index contributed by atoms with van der Waals surface area (Å²) in [6, 6.07) is 6.45. The third-order valence-corrected chi connectivity index (χ3v) is 5.69. The monoisotopic (exact) mass is 593 g/mol. The van der Waals surface area contributed by atoms with E-state index in [0.29, 0.717) is 30.3 Å². The van der Waals surface area contributed by atoms with Crippen molar-refractivity contribution in [2.75, 3.05) is 10.0 Å².